The van der Waals surface area contributed by atoms with Crippen LogP contribution in [0, 0.1) is 5.92 Å². The molecule has 6 N–H and O–H groups in total. The monoisotopic (exact) mass is 506 g/mol. The van der Waals surface area contributed by atoms with E-state index in [0.29, 0.717) is 5.92 Å². The number of hydrogen-bond donors (Lipinski definition) is 6. The Bertz CT molecular complexity index is 821. The van der Waals surface area contributed by atoms with Gasteiger partial charge in [-0.25, -0.2) is 0 Å². The Hall–Kier alpha value is -2.98. The zero-order chi connectivity index (χ0) is 27.1. The van der Waals surface area contributed by atoms with E-state index in [2.05, 4.69) is 35.1 Å². The van der Waals surface area contributed by atoms with Crippen molar-refractivity contribution in [2.45, 2.75) is 90.1 Å². The number of aliphatic hydroxyl groups is 2. The van der Waals surface area contributed by atoms with Crippen LogP contribution in [0.4, 0.5) is 0 Å². The molecule has 0 aromatic carbocycles. The molecule has 0 aromatic rings. The molecule has 1 aliphatic rings. The third-order valence-electron chi connectivity index (χ3n) is 5.53. The highest BCUT2D eigenvalue weighted by atomic mass is 16.3. The highest BCUT2D eigenvalue weighted by Crippen LogP contribution is 2.07. The minimum Gasteiger partial charge on any atom is -0.393 e. The normalized spacial score (nSPS) is 23.5. The van der Waals surface area contributed by atoms with Crippen LogP contribution < -0.4 is 21.3 Å². The van der Waals surface area contributed by atoms with Crippen molar-refractivity contribution in [2.75, 3.05) is 6.54 Å². The highest BCUT2D eigenvalue weighted by Gasteiger charge is 2.31. The summed E-state index contributed by atoms with van der Waals surface area (Å²) in [6.45, 7) is 7.54. The van der Waals surface area contributed by atoms with Gasteiger partial charge in [0.15, 0.2) is 0 Å². The number of allylic oxidation sites excluding steroid dienone is 3. The second-order valence-electron chi connectivity index (χ2n) is 9.53. The van der Waals surface area contributed by atoms with Gasteiger partial charge >= 0.3 is 0 Å². The Morgan fingerprint density at radius 1 is 1.22 bits per heavy atom. The smallest absolute Gasteiger partial charge is 0.245 e. The van der Waals surface area contributed by atoms with Gasteiger partial charge in [0.25, 0.3) is 0 Å². The number of unbranched alkanes of at least 4 members (excludes halogenated alkanes) is 1. The summed E-state index contributed by atoms with van der Waals surface area (Å²) in [5.74, 6) is -1.57. The average Bonchev–Trinajstić information content (AvgIpc) is 2.79. The molecule has 10 nitrogen and oxygen atoms in total. The van der Waals surface area contributed by atoms with Gasteiger partial charge in [-0.1, -0.05) is 44.6 Å². The van der Waals surface area contributed by atoms with Crippen LogP contribution in [0.15, 0.2) is 36.5 Å². The van der Waals surface area contributed by atoms with Gasteiger partial charge < -0.3 is 31.5 Å². The maximum atomic E-state index is 12.9. The minimum atomic E-state index is -1.31. The van der Waals surface area contributed by atoms with Crippen LogP contribution in [0.25, 0.3) is 0 Å². The number of carbonyl (C=O) groups is 4. The maximum absolute atomic E-state index is 12.9. The number of amides is 4. The van der Waals surface area contributed by atoms with Crippen LogP contribution in [0.5, 0.6) is 0 Å². The standard InChI is InChI=1S/C26H42N4O6/c1-17(2)10-8-6-5-7-9-11-23(34)30-24(19(4)31)26(36)29-21-16-20(32)14-15-27-22(33)13-12-18(3)28-25(21)35/h5,7,9,11-13,17-21,24,31-32H,6,8,10,14-16H2,1-4H3,(H,27,33)(H,28,35)(H,29,36)(H,30,34). The van der Waals surface area contributed by atoms with Gasteiger partial charge in [-0.05, 0) is 39.0 Å². The largest absolute Gasteiger partial charge is 0.393 e. The Morgan fingerprint density at radius 2 is 1.94 bits per heavy atom. The van der Waals surface area contributed by atoms with Crippen molar-refractivity contribution in [3.8, 4) is 0 Å². The fourth-order valence-electron chi connectivity index (χ4n) is 3.48. The molecule has 5 atom stereocenters. The molecule has 0 fully saturated rings. The van der Waals surface area contributed by atoms with Crippen molar-refractivity contribution in [3.05, 3.63) is 36.5 Å². The first-order chi connectivity index (χ1) is 17.0. The number of aliphatic hydroxyl groups excluding tert-OH is 2. The molecule has 1 aliphatic heterocycles. The summed E-state index contributed by atoms with van der Waals surface area (Å²) in [7, 11) is 0. The number of carbonyl (C=O) groups excluding carboxylic acids is 4. The van der Waals surface area contributed by atoms with Crippen LogP contribution in [0.1, 0.15) is 59.8 Å². The second-order valence-corrected chi connectivity index (χ2v) is 9.53. The van der Waals surface area contributed by atoms with E-state index in [1.165, 1.54) is 25.2 Å². The fourth-order valence-corrected chi connectivity index (χ4v) is 3.48. The van der Waals surface area contributed by atoms with Crippen molar-refractivity contribution < 1.29 is 29.4 Å². The Kier molecular flexibility index (Phi) is 14.4. The average molecular weight is 507 g/mol. The highest BCUT2D eigenvalue weighted by molar-refractivity contribution is 5.95. The van der Waals surface area contributed by atoms with Gasteiger partial charge in [-0.3, -0.25) is 19.2 Å². The topological polar surface area (TPSA) is 157 Å². The van der Waals surface area contributed by atoms with Gasteiger partial charge in [0.2, 0.25) is 23.6 Å². The predicted molar refractivity (Wildman–Crippen MR) is 138 cm³/mol. The maximum Gasteiger partial charge on any atom is 0.245 e. The number of nitrogens with one attached hydrogen (secondary N) is 4. The van der Waals surface area contributed by atoms with E-state index >= 15 is 0 Å². The van der Waals surface area contributed by atoms with Gasteiger partial charge in [0.1, 0.15) is 12.1 Å². The van der Waals surface area contributed by atoms with Gasteiger partial charge in [0, 0.05) is 31.2 Å². The summed E-state index contributed by atoms with van der Waals surface area (Å²) < 4.78 is 0. The van der Waals surface area contributed by atoms with Crippen molar-refractivity contribution in [1.82, 2.24) is 21.3 Å². The van der Waals surface area contributed by atoms with Gasteiger partial charge in [-0.2, -0.15) is 0 Å². The summed E-state index contributed by atoms with van der Waals surface area (Å²) in [5.41, 5.74) is 0. The predicted octanol–water partition coefficient (Wildman–Crippen LogP) is 0.607. The molecule has 202 valence electrons. The van der Waals surface area contributed by atoms with Gasteiger partial charge in [-0.15, -0.1) is 0 Å². The van der Waals surface area contributed by atoms with Crippen molar-refractivity contribution in [2.24, 2.45) is 5.92 Å². The molecule has 4 amide bonds. The lowest BCUT2D eigenvalue weighted by atomic mass is 10.0. The van der Waals surface area contributed by atoms with Crippen molar-refractivity contribution >= 4 is 23.6 Å². The fraction of sp³-hybridized carbons (Fsp3) is 0.615. The van der Waals surface area contributed by atoms with Crippen LogP contribution >= 0.6 is 0 Å². The Labute approximate surface area is 213 Å². The Balaban J connectivity index is 2.79. The lowest BCUT2D eigenvalue weighted by Gasteiger charge is -2.26. The lowest BCUT2D eigenvalue weighted by molar-refractivity contribution is -0.134. The molecule has 1 heterocycles. The zero-order valence-corrected chi connectivity index (χ0v) is 21.7. The summed E-state index contributed by atoms with van der Waals surface area (Å²) in [6.07, 6.45) is 10.3. The number of rotatable bonds is 10. The van der Waals surface area contributed by atoms with Crippen LogP contribution in [-0.2, 0) is 19.2 Å². The van der Waals surface area contributed by atoms with Gasteiger partial charge in [0.05, 0.1) is 12.2 Å². The van der Waals surface area contributed by atoms with E-state index in [4.69, 9.17) is 0 Å². The first kappa shape index (κ1) is 31.1. The van der Waals surface area contributed by atoms with Crippen molar-refractivity contribution in [1.29, 1.82) is 0 Å². The van der Waals surface area contributed by atoms with E-state index in [9.17, 15) is 29.4 Å². The third-order valence-corrected chi connectivity index (χ3v) is 5.53. The second kappa shape index (κ2) is 16.6. The summed E-state index contributed by atoms with van der Waals surface area (Å²) in [4.78, 5) is 49.6. The quantitative estimate of drug-likeness (QED) is 0.145. The van der Waals surface area contributed by atoms with Crippen molar-refractivity contribution in [3.63, 3.8) is 0 Å². The van der Waals surface area contributed by atoms with E-state index in [-0.39, 0.29) is 25.3 Å². The molecule has 10 heteroatoms. The van der Waals surface area contributed by atoms with Crippen LogP contribution in [0.3, 0.4) is 0 Å². The Morgan fingerprint density at radius 3 is 2.61 bits per heavy atom. The molecule has 36 heavy (non-hydrogen) atoms. The van der Waals surface area contributed by atoms with E-state index in [1.54, 1.807) is 19.1 Å². The lowest BCUT2D eigenvalue weighted by Crippen LogP contribution is -2.58. The summed E-state index contributed by atoms with van der Waals surface area (Å²) >= 11 is 0. The molecular weight excluding hydrogens is 464 g/mol. The molecule has 0 spiro atoms. The zero-order valence-electron chi connectivity index (χ0n) is 21.7. The van der Waals surface area contributed by atoms with Crippen LogP contribution in [0.2, 0.25) is 0 Å². The van der Waals surface area contributed by atoms with E-state index < -0.39 is 48.1 Å². The van der Waals surface area contributed by atoms with E-state index in [0.717, 1.165) is 19.3 Å². The summed E-state index contributed by atoms with van der Waals surface area (Å²) in [5, 5.41) is 30.7. The molecule has 0 aromatic heterocycles. The molecule has 0 aliphatic carbocycles. The third kappa shape index (κ3) is 13.2. The SMILES string of the molecule is CC(C)CCCC=CC=CC(=O)NC(C(=O)NC1CC(O)CCNC(=O)C=CC(C)NC1=O)C(C)O. The van der Waals surface area contributed by atoms with E-state index in [1.807, 2.05) is 6.08 Å². The minimum absolute atomic E-state index is 0.105. The molecule has 5 unspecified atom stereocenters. The molecular formula is C26H42N4O6. The number of hydrogen-bond acceptors (Lipinski definition) is 6. The molecule has 0 saturated heterocycles. The molecule has 0 saturated carbocycles. The first-order valence-corrected chi connectivity index (χ1v) is 12.6. The first-order valence-electron chi connectivity index (χ1n) is 12.6. The summed E-state index contributed by atoms with van der Waals surface area (Å²) in [6, 6.07) is -2.92. The van der Waals surface area contributed by atoms with Crippen LogP contribution in [-0.4, -0.2) is 70.7 Å². The molecule has 0 bridgehead atoms. The molecule has 0 radical (unpaired) electrons. The molecule has 1 rings (SSSR count).